The summed E-state index contributed by atoms with van der Waals surface area (Å²) < 4.78 is 0. The fraction of sp³-hybridized carbons (Fsp3) is 0.529. The molecule has 4 heteroatoms. The number of carbonyl (C=O) groups is 2. The normalized spacial score (nSPS) is 10.3. The second-order valence-corrected chi connectivity index (χ2v) is 5.20. The highest BCUT2D eigenvalue weighted by atomic mass is 16.1. The summed E-state index contributed by atoms with van der Waals surface area (Å²) in [5.74, 6) is 0.139. The van der Waals surface area contributed by atoms with Gasteiger partial charge in [-0.1, -0.05) is 43.2 Å². The molecule has 0 heterocycles. The van der Waals surface area contributed by atoms with Crippen molar-refractivity contribution < 1.29 is 9.59 Å². The molecule has 0 bridgehead atoms. The Hall–Kier alpha value is -1.68. The number of amides is 1. The van der Waals surface area contributed by atoms with E-state index in [1.807, 2.05) is 30.3 Å². The Balaban J connectivity index is 2.04. The lowest BCUT2D eigenvalue weighted by Crippen LogP contribution is -2.24. The molecule has 116 valence electrons. The lowest BCUT2D eigenvalue weighted by atomic mass is 10.1. The summed E-state index contributed by atoms with van der Waals surface area (Å²) in [6.45, 7) is 1.46. The molecule has 4 nitrogen and oxygen atoms in total. The molecule has 0 aliphatic rings. The van der Waals surface area contributed by atoms with E-state index in [0.29, 0.717) is 19.3 Å². The van der Waals surface area contributed by atoms with Crippen LogP contribution in [0, 0.1) is 0 Å². The summed E-state index contributed by atoms with van der Waals surface area (Å²) in [6.07, 6.45) is 5.72. The molecule has 1 aromatic rings. The first kappa shape index (κ1) is 17.4. The molecule has 0 unspecified atom stereocenters. The highest BCUT2D eigenvalue weighted by Gasteiger charge is 2.06. The van der Waals surface area contributed by atoms with Gasteiger partial charge in [-0.25, -0.2) is 0 Å². The third-order valence-corrected chi connectivity index (χ3v) is 3.36. The number of unbranched alkanes of at least 4 members (excludes halogenated alkanes) is 3. The van der Waals surface area contributed by atoms with Crippen LogP contribution in [0.4, 0.5) is 0 Å². The quantitative estimate of drug-likeness (QED) is 0.486. The molecule has 1 amide bonds. The largest absolute Gasteiger partial charge is 0.356 e. The standard InChI is InChI=1S/C17H26N2O2/c18-13-6-1-2-7-14-19-17(21)12-8-11-16(20)15-9-4-3-5-10-15/h3-5,9-10H,1-2,6-8,11-14,18H2,(H,19,21). The van der Waals surface area contributed by atoms with E-state index in [1.165, 1.54) is 0 Å². The summed E-state index contributed by atoms with van der Waals surface area (Å²) in [5, 5.41) is 2.89. The Kier molecular flexibility index (Phi) is 9.13. The van der Waals surface area contributed by atoms with Crippen LogP contribution in [0.5, 0.6) is 0 Å². The van der Waals surface area contributed by atoms with Crippen LogP contribution in [-0.2, 0) is 4.79 Å². The summed E-state index contributed by atoms with van der Waals surface area (Å²) >= 11 is 0. The smallest absolute Gasteiger partial charge is 0.220 e. The summed E-state index contributed by atoms with van der Waals surface area (Å²) in [6, 6.07) is 9.21. The molecule has 0 aliphatic carbocycles. The Bertz CT molecular complexity index is 418. The van der Waals surface area contributed by atoms with Crippen LogP contribution in [0.1, 0.15) is 55.3 Å². The van der Waals surface area contributed by atoms with Gasteiger partial charge in [-0.15, -0.1) is 0 Å². The molecule has 3 N–H and O–H groups in total. The first-order valence-electron chi connectivity index (χ1n) is 7.79. The second-order valence-electron chi connectivity index (χ2n) is 5.20. The van der Waals surface area contributed by atoms with E-state index in [1.54, 1.807) is 0 Å². The minimum Gasteiger partial charge on any atom is -0.356 e. The highest BCUT2D eigenvalue weighted by molar-refractivity contribution is 5.96. The lowest BCUT2D eigenvalue weighted by molar-refractivity contribution is -0.121. The van der Waals surface area contributed by atoms with Gasteiger partial charge in [0.2, 0.25) is 5.91 Å². The molecular formula is C17H26N2O2. The monoisotopic (exact) mass is 290 g/mol. The third-order valence-electron chi connectivity index (χ3n) is 3.36. The van der Waals surface area contributed by atoms with Crippen molar-refractivity contribution in [3.63, 3.8) is 0 Å². The summed E-state index contributed by atoms with van der Waals surface area (Å²) in [5.41, 5.74) is 6.14. The molecule has 0 aliphatic heterocycles. The Morgan fingerprint density at radius 3 is 2.33 bits per heavy atom. The molecular weight excluding hydrogens is 264 g/mol. The van der Waals surface area contributed by atoms with Crippen LogP contribution in [0.3, 0.4) is 0 Å². The van der Waals surface area contributed by atoms with Gasteiger partial charge in [0.15, 0.2) is 5.78 Å². The fourth-order valence-corrected chi connectivity index (χ4v) is 2.12. The van der Waals surface area contributed by atoms with E-state index >= 15 is 0 Å². The Morgan fingerprint density at radius 2 is 1.62 bits per heavy atom. The lowest BCUT2D eigenvalue weighted by Gasteiger charge is -2.05. The van der Waals surface area contributed by atoms with Crippen molar-refractivity contribution in [3.05, 3.63) is 35.9 Å². The zero-order valence-corrected chi connectivity index (χ0v) is 12.6. The van der Waals surface area contributed by atoms with Crippen molar-refractivity contribution >= 4 is 11.7 Å². The van der Waals surface area contributed by atoms with Crippen molar-refractivity contribution in [1.82, 2.24) is 5.32 Å². The number of rotatable bonds is 11. The van der Waals surface area contributed by atoms with Crippen molar-refractivity contribution in [3.8, 4) is 0 Å². The van der Waals surface area contributed by atoms with Gasteiger partial charge in [0.25, 0.3) is 0 Å². The topological polar surface area (TPSA) is 72.2 Å². The number of Topliss-reactive ketones (excluding diaryl/α,β-unsaturated/α-hetero) is 1. The van der Waals surface area contributed by atoms with Crippen LogP contribution in [-0.4, -0.2) is 24.8 Å². The minimum atomic E-state index is 0.0367. The molecule has 21 heavy (non-hydrogen) atoms. The molecule has 0 atom stereocenters. The van der Waals surface area contributed by atoms with Gasteiger partial charge in [0.1, 0.15) is 0 Å². The van der Waals surface area contributed by atoms with Crippen molar-refractivity contribution in [2.24, 2.45) is 5.73 Å². The number of hydrogen-bond acceptors (Lipinski definition) is 3. The summed E-state index contributed by atoms with van der Waals surface area (Å²) in [4.78, 5) is 23.5. The number of benzene rings is 1. The number of carbonyl (C=O) groups excluding carboxylic acids is 2. The third kappa shape index (κ3) is 8.25. The fourth-order valence-electron chi connectivity index (χ4n) is 2.12. The van der Waals surface area contributed by atoms with E-state index in [-0.39, 0.29) is 11.7 Å². The first-order chi connectivity index (χ1) is 10.2. The molecule has 1 aromatic carbocycles. The molecule has 0 aromatic heterocycles. The molecule has 0 fully saturated rings. The molecule has 0 saturated carbocycles. The Labute approximate surface area is 127 Å². The maximum absolute atomic E-state index is 11.8. The van der Waals surface area contributed by atoms with E-state index in [9.17, 15) is 9.59 Å². The van der Waals surface area contributed by atoms with Crippen LogP contribution in [0.15, 0.2) is 30.3 Å². The molecule has 0 saturated heterocycles. The van der Waals surface area contributed by atoms with Gasteiger partial charge < -0.3 is 11.1 Å². The van der Waals surface area contributed by atoms with Crippen molar-refractivity contribution in [2.45, 2.75) is 44.9 Å². The predicted octanol–water partition coefficient (Wildman–Crippen LogP) is 2.67. The second kappa shape index (κ2) is 11.0. The predicted molar refractivity (Wildman–Crippen MR) is 85.2 cm³/mol. The van der Waals surface area contributed by atoms with Gasteiger partial charge in [-0.2, -0.15) is 0 Å². The zero-order valence-electron chi connectivity index (χ0n) is 12.6. The average Bonchev–Trinajstić information content (AvgIpc) is 2.51. The van der Waals surface area contributed by atoms with E-state index in [4.69, 9.17) is 5.73 Å². The van der Waals surface area contributed by atoms with E-state index in [0.717, 1.165) is 44.3 Å². The SMILES string of the molecule is NCCCCCCNC(=O)CCCC(=O)c1ccccc1. The number of ketones is 1. The van der Waals surface area contributed by atoms with Gasteiger partial charge >= 0.3 is 0 Å². The number of nitrogens with one attached hydrogen (secondary N) is 1. The Morgan fingerprint density at radius 1 is 0.905 bits per heavy atom. The van der Waals surface area contributed by atoms with Crippen LogP contribution >= 0.6 is 0 Å². The molecule has 1 rings (SSSR count). The van der Waals surface area contributed by atoms with Gasteiger partial charge in [-0.05, 0) is 25.8 Å². The molecule has 0 radical (unpaired) electrons. The van der Waals surface area contributed by atoms with Crippen molar-refractivity contribution in [1.29, 1.82) is 0 Å². The van der Waals surface area contributed by atoms with Crippen LogP contribution in [0.2, 0.25) is 0 Å². The van der Waals surface area contributed by atoms with E-state index in [2.05, 4.69) is 5.32 Å². The average molecular weight is 290 g/mol. The number of nitrogens with two attached hydrogens (primary N) is 1. The van der Waals surface area contributed by atoms with Crippen LogP contribution < -0.4 is 11.1 Å². The van der Waals surface area contributed by atoms with E-state index < -0.39 is 0 Å². The molecule has 0 spiro atoms. The van der Waals surface area contributed by atoms with Gasteiger partial charge in [0, 0.05) is 24.9 Å². The first-order valence-corrected chi connectivity index (χ1v) is 7.79. The minimum absolute atomic E-state index is 0.0367. The highest BCUT2D eigenvalue weighted by Crippen LogP contribution is 2.06. The van der Waals surface area contributed by atoms with Crippen molar-refractivity contribution in [2.75, 3.05) is 13.1 Å². The van der Waals surface area contributed by atoms with Gasteiger partial charge in [0.05, 0.1) is 0 Å². The summed E-state index contributed by atoms with van der Waals surface area (Å²) in [7, 11) is 0. The zero-order chi connectivity index (χ0) is 15.3. The van der Waals surface area contributed by atoms with Gasteiger partial charge in [-0.3, -0.25) is 9.59 Å². The number of hydrogen-bond donors (Lipinski definition) is 2. The maximum Gasteiger partial charge on any atom is 0.220 e. The maximum atomic E-state index is 11.8. The van der Waals surface area contributed by atoms with Crippen LogP contribution in [0.25, 0.3) is 0 Å².